The van der Waals surface area contributed by atoms with E-state index >= 15 is 0 Å². The summed E-state index contributed by atoms with van der Waals surface area (Å²) >= 11 is 2.15. The number of amides is 3. The number of anilines is 1. The van der Waals surface area contributed by atoms with Crippen LogP contribution in [0.1, 0.15) is 37.6 Å². The lowest BCUT2D eigenvalue weighted by atomic mass is 9.91. The van der Waals surface area contributed by atoms with Crippen molar-refractivity contribution < 1.29 is 14.4 Å². The van der Waals surface area contributed by atoms with Gasteiger partial charge in [0, 0.05) is 23.6 Å². The molecule has 0 spiro atoms. The summed E-state index contributed by atoms with van der Waals surface area (Å²) < 4.78 is 0.930. The Morgan fingerprint density at radius 2 is 1.84 bits per heavy atom. The number of piperidine rings is 1. The number of nitrogens with one attached hydrogen (secondary N) is 2. The van der Waals surface area contributed by atoms with Gasteiger partial charge in [-0.2, -0.15) is 0 Å². The van der Waals surface area contributed by atoms with E-state index in [9.17, 15) is 14.4 Å². The molecule has 6 nitrogen and oxygen atoms in total. The molecule has 1 aliphatic heterocycles. The van der Waals surface area contributed by atoms with Crippen LogP contribution in [0.5, 0.6) is 0 Å². The first kappa shape index (κ1) is 19.7. The molecule has 25 heavy (non-hydrogen) atoms. The number of carbonyl (C=O) groups is 3. The summed E-state index contributed by atoms with van der Waals surface area (Å²) in [6.07, 6.45) is 1.12. The Hall–Kier alpha value is -1.64. The van der Waals surface area contributed by atoms with Crippen LogP contribution in [-0.2, 0) is 9.59 Å². The molecule has 1 aliphatic rings. The van der Waals surface area contributed by atoms with E-state index in [4.69, 9.17) is 0 Å². The summed E-state index contributed by atoms with van der Waals surface area (Å²) in [6, 6.07) is 5.37. The van der Waals surface area contributed by atoms with Gasteiger partial charge in [-0.3, -0.25) is 14.4 Å². The Morgan fingerprint density at radius 1 is 1.20 bits per heavy atom. The van der Waals surface area contributed by atoms with Gasteiger partial charge in [0.1, 0.15) is 0 Å². The molecule has 2 N–H and O–H groups in total. The van der Waals surface area contributed by atoms with E-state index in [1.807, 2.05) is 11.0 Å². The second kappa shape index (κ2) is 8.64. The molecule has 2 atom stereocenters. The highest BCUT2D eigenvalue weighted by Gasteiger charge is 2.27. The molecule has 1 fully saturated rings. The van der Waals surface area contributed by atoms with Gasteiger partial charge in [0.2, 0.25) is 11.8 Å². The molecule has 0 aliphatic carbocycles. The van der Waals surface area contributed by atoms with Crippen LogP contribution in [0.4, 0.5) is 5.69 Å². The summed E-state index contributed by atoms with van der Waals surface area (Å²) in [7, 11) is 0. The lowest BCUT2D eigenvalue weighted by Crippen LogP contribution is -2.43. The van der Waals surface area contributed by atoms with Gasteiger partial charge in [-0.05, 0) is 59.0 Å². The van der Waals surface area contributed by atoms with Crippen LogP contribution in [0, 0.1) is 15.4 Å². The van der Waals surface area contributed by atoms with Crippen molar-refractivity contribution in [3.63, 3.8) is 0 Å². The predicted octanol–water partition coefficient (Wildman–Crippen LogP) is 2.48. The molecule has 0 saturated carbocycles. The summed E-state index contributed by atoms with van der Waals surface area (Å²) in [5.41, 5.74) is 0.969. The molecular weight excluding hydrogens is 433 g/mol. The Labute approximate surface area is 161 Å². The zero-order chi connectivity index (χ0) is 18.6. The first-order valence-electron chi connectivity index (χ1n) is 8.39. The average Bonchev–Trinajstić information content (AvgIpc) is 2.53. The molecule has 3 amide bonds. The van der Waals surface area contributed by atoms with Crippen molar-refractivity contribution in [2.75, 3.05) is 25.0 Å². The Morgan fingerprint density at radius 3 is 2.44 bits per heavy atom. The van der Waals surface area contributed by atoms with Gasteiger partial charge in [-0.15, -0.1) is 0 Å². The van der Waals surface area contributed by atoms with Crippen LogP contribution in [0.15, 0.2) is 18.2 Å². The van der Waals surface area contributed by atoms with Gasteiger partial charge in [0.15, 0.2) is 0 Å². The molecule has 2 rings (SSSR count). The molecule has 7 heteroatoms. The van der Waals surface area contributed by atoms with Gasteiger partial charge in [0.25, 0.3) is 5.91 Å². The minimum absolute atomic E-state index is 0.0632. The normalized spacial score (nSPS) is 20.1. The van der Waals surface area contributed by atoms with Crippen molar-refractivity contribution in [3.05, 3.63) is 27.3 Å². The monoisotopic (exact) mass is 457 g/mol. The van der Waals surface area contributed by atoms with Gasteiger partial charge < -0.3 is 15.5 Å². The van der Waals surface area contributed by atoms with E-state index in [1.54, 1.807) is 12.1 Å². The number of rotatable bonds is 4. The first-order valence-corrected chi connectivity index (χ1v) is 9.47. The van der Waals surface area contributed by atoms with E-state index in [1.165, 1.54) is 6.92 Å². The minimum Gasteiger partial charge on any atom is -0.347 e. The van der Waals surface area contributed by atoms with Crippen LogP contribution in [0.25, 0.3) is 0 Å². The molecule has 1 aromatic rings. The summed E-state index contributed by atoms with van der Waals surface area (Å²) in [5, 5.41) is 5.18. The van der Waals surface area contributed by atoms with Gasteiger partial charge in [-0.25, -0.2) is 0 Å². The molecule has 0 bridgehead atoms. The Kier molecular flexibility index (Phi) is 6.80. The smallest absolute Gasteiger partial charge is 0.256 e. The standard InChI is InChI=1S/C18H24IN3O3/c1-11-6-12(2)10-22(9-11)18(25)15-7-14(19)4-5-16(15)21-17(24)8-20-13(3)23/h4-5,7,11-12H,6,8-10H2,1-3H3,(H,20,23)(H,21,24)/t11-,12+. The molecule has 0 unspecified atom stereocenters. The predicted molar refractivity (Wildman–Crippen MR) is 105 cm³/mol. The number of hydrogen-bond acceptors (Lipinski definition) is 3. The van der Waals surface area contributed by atoms with Crippen LogP contribution >= 0.6 is 22.6 Å². The summed E-state index contributed by atoms with van der Waals surface area (Å²) in [4.78, 5) is 37.8. The van der Waals surface area contributed by atoms with E-state index < -0.39 is 0 Å². The first-order chi connectivity index (χ1) is 11.8. The van der Waals surface area contributed by atoms with E-state index in [0.717, 1.165) is 23.1 Å². The second-order valence-corrected chi connectivity index (χ2v) is 8.05. The highest BCUT2D eigenvalue weighted by molar-refractivity contribution is 14.1. The largest absolute Gasteiger partial charge is 0.347 e. The lowest BCUT2D eigenvalue weighted by molar-refractivity contribution is -0.122. The van der Waals surface area contributed by atoms with Crippen LogP contribution < -0.4 is 10.6 Å². The third-order valence-corrected chi connectivity index (χ3v) is 4.81. The van der Waals surface area contributed by atoms with Crippen LogP contribution in [0.2, 0.25) is 0 Å². The number of carbonyl (C=O) groups excluding carboxylic acids is 3. The number of nitrogens with zero attached hydrogens (tertiary/aromatic N) is 1. The highest BCUT2D eigenvalue weighted by Crippen LogP contribution is 2.26. The van der Waals surface area contributed by atoms with Crippen LogP contribution in [0.3, 0.4) is 0 Å². The number of likely N-dealkylation sites (tertiary alicyclic amines) is 1. The molecule has 1 saturated heterocycles. The van der Waals surface area contributed by atoms with Gasteiger partial charge >= 0.3 is 0 Å². The maximum atomic E-state index is 13.0. The molecule has 1 heterocycles. The van der Waals surface area contributed by atoms with Gasteiger partial charge in [-0.1, -0.05) is 13.8 Å². The maximum Gasteiger partial charge on any atom is 0.256 e. The quantitative estimate of drug-likeness (QED) is 0.683. The fraction of sp³-hybridized carbons (Fsp3) is 0.500. The number of hydrogen-bond donors (Lipinski definition) is 2. The molecule has 0 aromatic heterocycles. The average molecular weight is 457 g/mol. The fourth-order valence-corrected chi connectivity index (χ4v) is 3.69. The lowest BCUT2D eigenvalue weighted by Gasteiger charge is -2.35. The van der Waals surface area contributed by atoms with Crippen molar-refractivity contribution in [1.29, 1.82) is 0 Å². The minimum atomic E-state index is -0.356. The molecule has 136 valence electrons. The topological polar surface area (TPSA) is 78.5 Å². The SMILES string of the molecule is CC(=O)NCC(=O)Nc1ccc(I)cc1C(=O)N1C[C@H](C)C[C@H](C)C1. The highest BCUT2D eigenvalue weighted by atomic mass is 127. The van der Waals surface area contributed by atoms with Crippen molar-refractivity contribution >= 4 is 46.0 Å². The van der Waals surface area contributed by atoms with E-state index in [-0.39, 0.29) is 24.3 Å². The second-order valence-electron chi connectivity index (χ2n) is 6.80. The maximum absolute atomic E-state index is 13.0. The Bertz CT molecular complexity index is 668. The van der Waals surface area contributed by atoms with E-state index in [0.29, 0.717) is 23.1 Å². The van der Waals surface area contributed by atoms with Crippen molar-refractivity contribution in [2.24, 2.45) is 11.8 Å². The van der Waals surface area contributed by atoms with Crippen LogP contribution in [-0.4, -0.2) is 42.3 Å². The zero-order valence-corrected chi connectivity index (χ0v) is 16.9. The number of benzene rings is 1. The summed E-state index contributed by atoms with van der Waals surface area (Å²) in [6.45, 7) is 7.00. The molecule has 0 radical (unpaired) electrons. The van der Waals surface area contributed by atoms with Crippen molar-refractivity contribution in [1.82, 2.24) is 10.2 Å². The molecule has 1 aromatic carbocycles. The van der Waals surface area contributed by atoms with Gasteiger partial charge in [0.05, 0.1) is 17.8 Å². The van der Waals surface area contributed by atoms with Crippen molar-refractivity contribution in [3.8, 4) is 0 Å². The third kappa shape index (κ3) is 5.69. The van der Waals surface area contributed by atoms with Crippen molar-refractivity contribution in [2.45, 2.75) is 27.2 Å². The number of halogens is 1. The fourth-order valence-electron chi connectivity index (χ4n) is 3.20. The zero-order valence-electron chi connectivity index (χ0n) is 14.8. The van der Waals surface area contributed by atoms with E-state index in [2.05, 4.69) is 47.1 Å². The third-order valence-electron chi connectivity index (χ3n) is 4.14. The summed E-state index contributed by atoms with van der Waals surface area (Å²) in [5.74, 6) is 0.240. The molecular formula is C18H24IN3O3. The Balaban J connectivity index is 2.18.